The average molecular weight is 362 g/mol. The zero-order valence-electron chi connectivity index (χ0n) is 10.9. The van der Waals surface area contributed by atoms with Crippen LogP contribution in [-0.4, -0.2) is 16.3 Å². The summed E-state index contributed by atoms with van der Waals surface area (Å²) in [7, 11) is 0. The number of aromatic nitrogens is 2. The van der Waals surface area contributed by atoms with E-state index in [-0.39, 0.29) is 11.8 Å². The van der Waals surface area contributed by atoms with Crippen molar-refractivity contribution in [2.45, 2.75) is 19.3 Å². The van der Waals surface area contributed by atoms with E-state index in [1.54, 1.807) is 24.5 Å². The molecule has 0 fully saturated rings. The maximum Gasteiger partial charge on any atom is 0.573 e. The number of nitrogens with zero attached hydrogens (tertiary/aromatic N) is 2. The van der Waals surface area contributed by atoms with E-state index in [1.807, 2.05) is 6.92 Å². The van der Waals surface area contributed by atoms with E-state index in [2.05, 4.69) is 36.0 Å². The van der Waals surface area contributed by atoms with E-state index >= 15 is 0 Å². The molecule has 4 nitrogen and oxygen atoms in total. The van der Waals surface area contributed by atoms with E-state index in [1.165, 1.54) is 12.1 Å². The minimum atomic E-state index is -4.68. The van der Waals surface area contributed by atoms with Gasteiger partial charge in [-0.05, 0) is 40.5 Å². The molecule has 8 heteroatoms. The number of ether oxygens (including phenoxy) is 1. The molecule has 1 aromatic carbocycles. The summed E-state index contributed by atoms with van der Waals surface area (Å²) in [6.45, 7) is 1.85. The first-order chi connectivity index (χ1) is 9.83. The van der Waals surface area contributed by atoms with Crippen molar-refractivity contribution >= 4 is 21.9 Å². The van der Waals surface area contributed by atoms with Gasteiger partial charge in [0.2, 0.25) is 5.95 Å². The fourth-order valence-corrected chi connectivity index (χ4v) is 1.83. The summed E-state index contributed by atoms with van der Waals surface area (Å²) in [6.07, 6.45) is -1.48. The van der Waals surface area contributed by atoms with Crippen LogP contribution in [-0.2, 0) is 0 Å². The van der Waals surface area contributed by atoms with Gasteiger partial charge in [-0.3, -0.25) is 0 Å². The molecule has 0 bridgehead atoms. The molecule has 1 heterocycles. The van der Waals surface area contributed by atoms with Crippen LogP contribution in [0.15, 0.2) is 41.1 Å². The van der Waals surface area contributed by atoms with Crippen molar-refractivity contribution in [1.82, 2.24) is 9.97 Å². The Kier molecular flexibility index (Phi) is 4.66. The summed E-state index contributed by atoms with van der Waals surface area (Å²) in [5.74, 6) is 0.180. The average Bonchev–Trinajstić information content (AvgIpc) is 2.40. The molecule has 0 aliphatic heterocycles. The van der Waals surface area contributed by atoms with Gasteiger partial charge in [0.15, 0.2) is 0 Å². The van der Waals surface area contributed by atoms with Gasteiger partial charge in [0.05, 0.1) is 10.5 Å². The van der Waals surface area contributed by atoms with Crippen LogP contribution < -0.4 is 10.1 Å². The number of alkyl halides is 3. The second-order valence-electron chi connectivity index (χ2n) is 4.21. The van der Waals surface area contributed by atoms with E-state index in [9.17, 15) is 13.2 Å². The lowest BCUT2D eigenvalue weighted by atomic mass is 10.1. The lowest BCUT2D eigenvalue weighted by molar-refractivity contribution is -0.274. The maximum absolute atomic E-state index is 12.1. The van der Waals surface area contributed by atoms with Crippen LogP contribution in [0, 0.1) is 0 Å². The van der Waals surface area contributed by atoms with Crippen LogP contribution in [0.1, 0.15) is 18.5 Å². The van der Waals surface area contributed by atoms with Crippen LogP contribution in [0.2, 0.25) is 0 Å². The predicted molar refractivity (Wildman–Crippen MR) is 74.9 cm³/mol. The van der Waals surface area contributed by atoms with Gasteiger partial charge in [-0.2, -0.15) is 0 Å². The Labute approximate surface area is 127 Å². The molecule has 0 aliphatic rings. The molecule has 0 saturated carbocycles. The van der Waals surface area contributed by atoms with Crippen LogP contribution in [0.25, 0.3) is 0 Å². The largest absolute Gasteiger partial charge is 0.573 e. The van der Waals surface area contributed by atoms with Crippen LogP contribution in [0.3, 0.4) is 0 Å². The Morgan fingerprint density at radius 1 is 1.14 bits per heavy atom. The lowest BCUT2D eigenvalue weighted by Gasteiger charge is -2.15. The summed E-state index contributed by atoms with van der Waals surface area (Å²) in [5.41, 5.74) is 0.788. The van der Waals surface area contributed by atoms with Gasteiger partial charge in [0.25, 0.3) is 0 Å². The molecule has 0 spiro atoms. The topological polar surface area (TPSA) is 47.0 Å². The van der Waals surface area contributed by atoms with Crippen molar-refractivity contribution < 1.29 is 17.9 Å². The Bertz CT molecular complexity index is 587. The lowest BCUT2D eigenvalue weighted by Crippen LogP contribution is -2.17. The Morgan fingerprint density at radius 3 is 2.24 bits per heavy atom. The van der Waals surface area contributed by atoms with E-state index in [0.29, 0.717) is 5.95 Å². The molecule has 2 rings (SSSR count). The molecule has 1 N–H and O–H groups in total. The van der Waals surface area contributed by atoms with Gasteiger partial charge in [-0.25, -0.2) is 9.97 Å². The second-order valence-corrected chi connectivity index (χ2v) is 5.12. The minimum Gasteiger partial charge on any atom is -0.406 e. The van der Waals surface area contributed by atoms with Gasteiger partial charge in [0.1, 0.15) is 5.75 Å². The molecular formula is C13H11BrF3N3O. The summed E-state index contributed by atoms with van der Waals surface area (Å²) < 4.78 is 40.8. The normalized spacial score (nSPS) is 12.8. The molecule has 1 atom stereocenters. The summed E-state index contributed by atoms with van der Waals surface area (Å²) in [5, 5.41) is 3.05. The van der Waals surface area contributed by atoms with Gasteiger partial charge >= 0.3 is 6.36 Å². The Morgan fingerprint density at radius 2 is 1.71 bits per heavy atom. The van der Waals surface area contributed by atoms with Crippen molar-refractivity contribution in [3.63, 3.8) is 0 Å². The molecule has 2 aromatic rings. The first-order valence-corrected chi connectivity index (χ1v) is 6.72. The Balaban J connectivity index is 2.02. The van der Waals surface area contributed by atoms with Crippen LogP contribution in [0.5, 0.6) is 5.75 Å². The van der Waals surface area contributed by atoms with Gasteiger partial charge in [-0.1, -0.05) is 12.1 Å². The second kappa shape index (κ2) is 6.30. The number of anilines is 1. The number of halogens is 4. The third kappa shape index (κ3) is 4.89. The van der Waals surface area contributed by atoms with Gasteiger partial charge in [-0.15, -0.1) is 13.2 Å². The molecule has 0 radical (unpaired) electrons. The van der Waals surface area contributed by atoms with Crippen molar-refractivity contribution in [3.8, 4) is 5.75 Å². The number of nitrogens with one attached hydrogen (secondary N) is 1. The molecule has 1 aromatic heterocycles. The van der Waals surface area contributed by atoms with Crippen LogP contribution in [0.4, 0.5) is 19.1 Å². The van der Waals surface area contributed by atoms with Crippen molar-refractivity contribution in [1.29, 1.82) is 0 Å². The summed E-state index contributed by atoms with van der Waals surface area (Å²) >= 11 is 3.23. The molecule has 21 heavy (non-hydrogen) atoms. The fourth-order valence-electron chi connectivity index (χ4n) is 1.62. The van der Waals surface area contributed by atoms with Crippen molar-refractivity contribution in [3.05, 3.63) is 46.7 Å². The monoisotopic (exact) mass is 361 g/mol. The molecule has 0 unspecified atom stereocenters. The Hall–Kier alpha value is -1.83. The summed E-state index contributed by atoms with van der Waals surface area (Å²) in [4.78, 5) is 8.13. The van der Waals surface area contributed by atoms with Crippen molar-refractivity contribution in [2.75, 3.05) is 5.32 Å². The first-order valence-electron chi connectivity index (χ1n) is 5.93. The zero-order valence-corrected chi connectivity index (χ0v) is 12.4. The molecule has 112 valence electrons. The first kappa shape index (κ1) is 15.6. The molecule has 0 amide bonds. The highest BCUT2D eigenvalue weighted by atomic mass is 79.9. The SMILES string of the molecule is C[C@H](Nc1ncc(Br)cn1)c1ccc(OC(F)(F)F)cc1. The molecule has 0 saturated heterocycles. The third-order valence-corrected chi connectivity index (χ3v) is 2.99. The molecule has 0 aliphatic carbocycles. The number of rotatable bonds is 4. The van der Waals surface area contributed by atoms with Crippen molar-refractivity contribution in [2.24, 2.45) is 0 Å². The van der Waals surface area contributed by atoms with E-state index in [4.69, 9.17) is 0 Å². The quantitative estimate of drug-likeness (QED) is 0.881. The van der Waals surface area contributed by atoms with Gasteiger partial charge in [0, 0.05) is 12.4 Å². The smallest absolute Gasteiger partial charge is 0.406 e. The highest BCUT2D eigenvalue weighted by Gasteiger charge is 2.31. The number of hydrogen-bond donors (Lipinski definition) is 1. The zero-order chi connectivity index (χ0) is 15.5. The van der Waals surface area contributed by atoms with E-state index in [0.717, 1.165) is 10.0 Å². The maximum atomic E-state index is 12.1. The molecular weight excluding hydrogens is 351 g/mol. The van der Waals surface area contributed by atoms with Gasteiger partial charge < -0.3 is 10.1 Å². The minimum absolute atomic E-state index is 0.161. The summed E-state index contributed by atoms with van der Waals surface area (Å²) in [6, 6.07) is 5.48. The number of benzene rings is 1. The third-order valence-electron chi connectivity index (χ3n) is 2.58. The van der Waals surface area contributed by atoms with Crippen LogP contribution >= 0.6 is 15.9 Å². The predicted octanol–water partition coefficient (Wildman–Crippen LogP) is 4.31. The fraction of sp³-hybridized carbons (Fsp3) is 0.231. The highest BCUT2D eigenvalue weighted by Crippen LogP contribution is 2.25. The van der Waals surface area contributed by atoms with E-state index < -0.39 is 6.36 Å². The standard InChI is InChI=1S/C13H11BrF3N3O/c1-8(20-12-18-6-10(14)7-19-12)9-2-4-11(5-3-9)21-13(15,16)17/h2-8H,1H3,(H,18,19,20)/t8-/m0/s1. The highest BCUT2D eigenvalue weighted by molar-refractivity contribution is 9.10. The number of hydrogen-bond acceptors (Lipinski definition) is 4.